The Morgan fingerprint density at radius 1 is 1.00 bits per heavy atom. The summed E-state index contributed by atoms with van der Waals surface area (Å²) in [5.74, 6) is -2.81. The number of aliphatic hydroxyl groups is 1. The molecule has 3 aromatic heterocycles. The maximum atomic E-state index is 15.6. The lowest BCUT2D eigenvalue weighted by Gasteiger charge is -2.33. The van der Waals surface area contributed by atoms with Gasteiger partial charge in [-0.15, -0.1) is 0 Å². The molecule has 2 aliphatic heterocycles. The molecule has 17 heteroatoms. The van der Waals surface area contributed by atoms with E-state index in [4.69, 9.17) is 0 Å². The fraction of sp³-hybridized carbons (Fsp3) is 0.324. The molecule has 282 valence electrons. The van der Waals surface area contributed by atoms with Gasteiger partial charge in [0, 0.05) is 90.8 Å². The first-order valence-corrected chi connectivity index (χ1v) is 19.0. The van der Waals surface area contributed by atoms with Crippen molar-refractivity contribution in [1.82, 2.24) is 29.6 Å². The van der Waals surface area contributed by atoms with Crippen LogP contribution < -0.4 is 20.3 Å². The van der Waals surface area contributed by atoms with Crippen molar-refractivity contribution in [3.8, 4) is 11.1 Å². The number of carbonyl (C=O) groups is 2. The average molecular weight is 760 g/mol. The smallest absolute Gasteiger partial charge is 0.301 e. The van der Waals surface area contributed by atoms with E-state index in [1.54, 1.807) is 31.6 Å². The number of ketones is 1. The third-order valence-corrected chi connectivity index (χ3v) is 11.5. The van der Waals surface area contributed by atoms with Crippen LogP contribution in [0.1, 0.15) is 60.3 Å². The van der Waals surface area contributed by atoms with Crippen molar-refractivity contribution in [2.45, 2.75) is 50.8 Å². The largest absolute Gasteiger partial charge is 0.374 e. The Morgan fingerprint density at radius 3 is 2.39 bits per heavy atom. The number of pyridine rings is 1. The first-order chi connectivity index (χ1) is 25.9. The predicted molar refractivity (Wildman–Crippen MR) is 199 cm³/mol. The maximum Gasteiger partial charge on any atom is 0.301 e. The summed E-state index contributed by atoms with van der Waals surface area (Å²) in [4.78, 5) is 44.6. The number of nitrogens with zero attached hydrogens (tertiary/aromatic N) is 5. The molecule has 7 rings (SSSR count). The number of amides is 1. The van der Waals surface area contributed by atoms with Crippen LogP contribution in [-0.4, -0.2) is 88.4 Å². The van der Waals surface area contributed by atoms with Crippen LogP contribution in [0.3, 0.4) is 0 Å². The Balaban J connectivity index is 1.01. The molecule has 0 radical (unpaired) electrons. The number of hydrogen-bond donors (Lipinski definition) is 5. The standard InChI is InChI=1S/C37H39F2N9O5S/c1-3-47(2)54(52,53)46-29-9-8-28(38)32(33(29)39)34(50)27-20-43-36-26(27)16-22(17-42-36)23-18-40-35(41-19-23)21-12-14-48(15-13-21)25-6-4-24(5-7-25)44-30-10-11-31(49)45-37(30)51/h4-9,16-21,30-31,44,46,49H,3,10-15H2,1-2H3,(H,42,43)(H,45,51). The highest BCUT2D eigenvalue weighted by Crippen LogP contribution is 2.32. The second-order valence-corrected chi connectivity index (χ2v) is 15.2. The quantitative estimate of drug-likeness (QED) is 0.120. The second-order valence-electron chi connectivity index (χ2n) is 13.4. The number of rotatable bonds is 11. The van der Waals surface area contributed by atoms with Gasteiger partial charge in [-0.1, -0.05) is 6.92 Å². The van der Waals surface area contributed by atoms with Gasteiger partial charge in [0.25, 0.3) is 0 Å². The molecular formula is C37H39F2N9O5S. The second kappa shape index (κ2) is 15.1. The van der Waals surface area contributed by atoms with Crippen LogP contribution in [0.2, 0.25) is 0 Å². The monoisotopic (exact) mass is 759 g/mol. The molecule has 0 aliphatic carbocycles. The molecule has 2 aliphatic rings. The molecule has 5 N–H and O–H groups in total. The first kappa shape index (κ1) is 36.8. The Bertz CT molecular complexity index is 2300. The SMILES string of the molecule is CCN(C)S(=O)(=O)Nc1ccc(F)c(C(=O)c2c[nH]c3ncc(-c4cnc(C5CCN(c6ccc(NC7CCC(O)NC7=O)cc6)CC5)nc4)cc23)c1F. The van der Waals surface area contributed by atoms with Gasteiger partial charge in [-0.3, -0.25) is 14.3 Å². The number of carbonyl (C=O) groups excluding carboxylic acids is 2. The maximum absolute atomic E-state index is 15.6. The van der Waals surface area contributed by atoms with Gasteiger partial charge in [0.15, 0.2) is 5.82 Å². The molecule has 5 aromatic rings. The van der Waals surface area contributed by atoms with Crippen molar-refractivity contribution in [1.29, 1.82) is 0 Å². The van der Waals surface area contributed by atoms with E-state index >= 15 is 4.39 Å². The van der Waals surface area contributed by atoms with Gasteiger partial charge in [-0.05, 0) is 68.1 Å². The van der Waals surface area contributed by atoms with Crippen LogP contribution in [0.25, 0.3) is 22.2 Å². The topological polar surface area (TPSA) is 186 Å². The number of piperidine rings is 2. The van der Waals surface area contributed by atoms with Crippen molar-refractivity contribution in [3.05, 3.63) is 95.8 Å². The van der Waals surface area contributed by atoms with E-state index in [0.717, 1.165) is 53.7 Å². The number of benzene rings is 2. The van der Waals surface area contributed by atoms with Crippen molar-refractivity contribution >= 4 is 50.0 Å². The number of H-pyrrole nitrogens is 1. The van der Waals surface area contributed by atoms with Crippen LogP contribution >= 0.6 is 0 Å². The van der Waals surface area contributed by atoms with Crippen LogP contribution in [0, 0.1) is 11.6 Å². The van der Waals surface area contributed by atoms with Crippen molar-refractivity contribution in [2.24, 2.45) is 0 Å². The number of fused-ring (bicyclic) bond motifs is 1. The zero-order chi connectivity index (χ0) is 38.1. The number of aromatic amines is 1. The van der Waals surface area contributed by atoms with Gasteiger partial charge < -0.3 is 25.6 Å². The highest BCUT2D eigenvalue weighted by atomic mass is 32.2. The molecule has 0 saturated carbocycles. The number of hydrogen-bond acceptors (Lipinski definition) is 10. The van der Waals surface area contributed by atoms with E-state index in [2.05, 4.69) is 40.2 Å². The minimum absolute atomic E-state index is 0.0459. The van der Waals surface area contributed by atoms with Gasteiger partial charge in [0.2, 0.25) is 11.7 Å². The summed E-state index contributed by atoms with van der Waals surface area (Å²) in [6.45, 7) is 3.32. The van der Waals surface area contributed by atoms with Crippen molar-refractivity contribution < 1.29 is 31.9 Å². The number of halogens is 2. The Morgan fingerprint density at radius 2 is 1.70 bits per heavy atom. The molecular weight excluding hydrogens is 721 g/mol. The zero-order valence-corrected chi connectivity index (χ0v) is 30.3. The molecule has 2 aromatic carbocycles. The summed E-state index contributed by atoms with van der Waals surface area (Å²) in [6.07, 6.45) is 8.23. The lowest BCUT2D eigenvalue weighted by Crippen LogP contribution is -2.49. The van der Waals surface area contributed by atoms with Gasteiger partial charge in [-0.2, -0.15) is 12.7 Å². The minimum Gasteiger partial charge on any atom is -0.374 e. The predicted octanol–water partition coefficient (Wildman–Crippen LogP) is 4.53. The van der Waals surface area contributed by atoms with E-state index in [1.807, 2.05) is 24.3 Å². The molecule has 54 heavy (non-hydrogen) atoms. The van der Waals surface area contributed by atoms with Gasteiger partial charge in [-0.25, -0.2) is 23.7 Å². The van der Waals surface area contributed by atoms with Crippen LogP contribution in [0.5, 0.6) is 0 Å². The fourth-order valence-corrected chi connectivity index (χ4v) is 7.64. The van der Waals surface area contributed by atoms with E-state index in [9.17, 15) is 27.5 Å². The first-order valence-electron chi connectivity index (χ1n) is 17.6. The third kappa shape index (κ3) is 7.47. The van der Waals surface area contributed by atoms with Crippen LogP contribution in [0.15, 0.2) is 67.3 Å². The van der Waals surface area contributed by atoms with Gasteiger partial charge >= 0.3 is 10.2 Å². The number of anilines is 3. The Hall–Kier alpha value is -5.52. The lowest BCUT2D eigenvalue weighted by atomic mass is 9.95. The molecule has 0 bridgehead atoms. The molecule has 1 amide bonds. The molecule has 14 nitrogen and oxygen atoms in total. The van der Waals surface area contributed by atoms with Gasteiger partial charge in [0.1, 0.15) is 29.6 Å². The van der Waals surface area contributed by atoms with Crippen LogP contribution in [-0.2, 0) is 15.0 Å². The zero-order valence-electron chi connectivity index (χ0n) is 29.5. The Labute approximate surface area is 310 Å². The average Bonchev–Trinajstić information content (AvgIpc) is 3.61. The number of aliphatic hydroxyl groups excluding tert-OH is 1. The summed E-state index contributed by atoms with van der Waals surface area (Å²) < 4.78 is 58.5. The molecule has 5 heterocycles. The van der Waals surface area contributed by atoms with Gasteiger partial charge in [0.05, 0.1) is 11.3 Å². The van der Waals surface area contributed by atoms with Crippen molar-refractivity contribution in [2.75, 3.05) is 41.6 Å². The van der Waals surface area contributed by atoms with E-state index in [-0.39, 0.29) is 30.0 Å². The Kier molecular flexibility index (Phi) is 10.3. The summed E-state index contributed by atoms with van der Waals surface area (Å²) >= 11 is 0. The summed E-state index contributed by atoms with van der Waals surface area (Å²) in [7, 11) is -2.84. The normalized spacial score (nSPS) is 18.2. The van der Waals surface area contributed by atoms with Crippen molar-refractivity contribution in [3.63, 3.8) is 0 Å². The molecule has 2 unspecified atom stereocenters. The molecule has 2 fully saturated rings. The number of nitrogens with one attached hydrogen (secondary N) is 4. The van der Waals surface area contributed by atoms with E-state index in [1.165, 1.54) is 13.2 Å². The third-order valence-electron chi connectivity index (χ3n) is 9.98. The van der Waals surface area contributed by atoms with E-state index in [0.29, 0.717) is 40.8 Å². The summed E-state index contributed by atoms with van der Waals surface area (Å²) in [5.41, 5.74) is 1.94. The molecule has 2 atom stereocenters. The fourth-order valence-electron chi connectivity index (χ4n) is 6.70. The summed E-state index contributed by atoms with van der Waals surface area (Å²) in [5, 5.41) is 15.7. The highest BCUT2D eigenvalue weighted by molar-refractivity contribution is 7.90. The summed E-state index contributed by atoms with van der Waals surface area (Å²) in [6, 6.07) is 11.0. The van der Waals surface area contributed by atoms with E-state index < -0.39 is 45.1 Å². The molecule has 0 spiro atoms. The highest BCUT2D eigenvalue weighted by Gasteiger charge is 2.29. The lowest BCUT2D eigenvalue weighted by molar-refractivity contribution is -0.127. The number of aromatic nitrogens is 4. The molecule has 2 saturated heterocycles. The minimum atomic E-state index is -4.14. The van der Waals surface area contributed by atoms with Crippen LogP contribution in [0.4, 0.5) is 25.8 Å².